The third kappa shape index (κ3) is 3.24. The van der Waals surface area contributed by atoms with Crippen molar-refractivity contribution in [3.63, 3.8) is 0 Å². The number of rotatable bonds is 4. The number of hydrogen-bond acceptors (Lipinski definition) is 7. The first-order valence-corrected chi connectivity index (χ1v) is 9.35. The monoisotopic (exact) mass is 412 g/mol. The van der Waals surface area contributed by atoms with E-state index in [2.05, 4.69) is 11.9 Å². The van der Waals surface area contributed by atoms with Gasteiger partial charge in [-0.3, -0.25) is 4.79 Å². The van der Waals surface area contributed by atoms with Gasteiger partial charge in [0.2, 0.25) is 11.8 Å². The summed E-state index contributed by atoms with van der Waals surface area (Å²) in [5, 5.41) is 2.73. The van der Waals surface area contributed by atoms with Gasteiger partial charge in [-0.15, -0.1) is 0 Å². The first-order valence-electron chi connectivity index (χ1n) is 9.35. The average Bonchev–Trinajstić information content (AvgIpc) is 2.90. The van der Waals surface area contributed by atoms with Crippen LogP contribution in [-0.4, -0.2) is 30.1 Å². The van der Waals surface area contributed by atoms with E-state index >= 15 is 0 Å². The number of amides is 1. The highest BCUT2D eigenvalue weighted by Crippen LogP contribution is 2.52. The Kier molecular flexibility index (Phi) is 5.20. The maximum atomic E-state index is 13.4. The van der Waals surface area contributed by atoms with E-state index in [9.17, 15) is 14.4 Å². The highest BCUT2D eigenvalue weighted by atomic mass is 16.6. The third-order valence-corrected chi connectivity index (χ3v) is 4.67. The number of para-hydroxylation sites is 1. The molecule has 0 unspecified atom stereocenters. The molecule has 1 spiro atoms. The third-order valence-electron chi connectivity index (χ3n) is 4.67. The lowest BCUT2D eigenvalue weighted by Crippen LogP contribution is -2.49. The number of nitrogens with two attached hydrogens (primary N) is 1. The van der Waals surface area contributed by atoms with Crippen LogP contribution in [0.5, 0.6) is 0 Å². The van der Waals surface area contributed by atoms with Gasteiger partial charge in [0.25, 0.3) is 0 Å². The summed E-state index contributed by atoms with van der Waals surface area (Å²) in [4.78, 5) is 39.7. The number of esters is 2. The number of anilines is 1. The molecule has 2 heterocycles. The molecule has 8 nitrogen and oxygen atoms in total. The second-order valence-electron chi connectivity index (χ2n) is 7.91. The summed E-state index contributed by atoms with van der Waals surface area (Å²) >= 11 is 0. The number of nitrogens with one attached hydrogen (secondary N) is 1. The van der Waals surface area contributed by atoms with Crippen molar-refractivity contribution in [1.82, 2.24) is 0 Å². The second kappa shape index (κ2) is 7.37. The molecule has 0 bridgehead atoms. The van der Waals surface area contributed by atoms with Crippen LogP contribution in [0.2, 0.25) is 0 Å². The lowest BCUT2D eigenvalue weighted by molar-refractivity contribution is -0.152. The fourth-order valence-electron chi connectivity index (χ4n) is 3.68. The Morgan fingerprint density at radius 1 is 1.23 bits per heavy atom. The molecule has 3 N–H and O–H groups in total. The lowest BCUT2D eigenvalue weighted by atomic mass is 9.67. The van der Waals surface area contributed by atoms with E-state index in [1.54, 1.807) is 45.0 Å². The van der Waals surface area contributed by atoms with Crippen LogP contribution in [0.15, 0.2) is 59.7 Å². The van der Waals surface area contributed by atoms with Crippen LogP contribution in [0, 0.1) is 0 Å². The molecule has 2 aliphatic rings. The normalized spacial score (nSPS) is 20.5. The van der Waals surface area contributed by atoms with E-state index < -0.39 is 28.9 Å². The maximum Gasteiger partial charge on any atom is 0.341 e. The van der Waals surface area contributed by atoms with E-state index in [0.717, 1.165) is 0 Å². The van der Waals surface area contributed by atoms with Gasteiger partial charge < -0.3 is 25.3 Å². The van der Waals surface area contributed by atoms with Crippen LogP contribution in [0.25, 0.3) is 0 Å². The van der Waals surface area contributed by atoms with Crippen molar-refractivity contribution >= 4 is 23.5 Å². The topological polar surface area (TPSA) is 117 Å². The molecule has 2 aliphatic heterocycles. The Hall–Kier alpha value is -3.55. The predicted octanol–water partition coefficient (Wildman–Crippen LogP) is 2.42. The van der Waals surface area contributed by atoms with E-state index in [4.69, 9.17) is 19.9 Å². The molecule has 0 fully saturated rings. The molecule has 0 radical (unpaired) electrons. The van der Waals surface area contributed by atoms with Crippen LogP contribution >= 0.6 is 0 Å². The summed E-state index contributed by atoms with van der Waals surface area (Å²) in [6, 6.07) is 6.73. The van der Waals surface area contributed by atoms with Gasteiger partial charge in [0.05, 0.1) is 0 Å². The minimum Gasteiger partial charge on any atom is -0.458 e. The molecule has 1 aromatic rings. The fourth-order valence-corrected chi connectivity index (χ4v) is 3.68. The van der Waals surface area contributed by atoms with E-state index in [-0.39, 0.29) is 29.4 Å². The minimum absolute atomic E-state index is 0.0638. The van der Waals surface area contributed by atoms with Gasteiger partial charge in [0.1, 0.15) is 34.5 Å². The van der Waals surface area contributed by atoms with Crippen molar-refractivity contribution in [2.24, 2.45) is 5.73 Å². The molecule has 0 aromatic heterocycles. The molecule has 3 rings (SSSR count). The lowest BCUT2D eigenvalue weighted by Gasteiger charge is -2.36. The molecule has 1 aromatic carbocycles. The number of carbonyl (C=O) groups excluding carboxylic acids is 3. The van der Waals surface area contributed by atoms with Crippen molar-refractivity contribution in [1.29, 1.82) is 0 Å². The van der Waals surface area contributed by atoms with Gasteiger partial charge in [-0.25, -0.2) is 9.59 Å². The van der Waals surface area contributed by atoms with Gasteiger partial charge in [-0.05, 0) is 33.8 Å². The minimum atomic E-state index is -1.87. The van der Waals surface area contributed by atoms with Crippen molar-refractivity contribution in [2.75, 3.05) is 11.9 Å². The molecule has 158 valence electrons. The Balaban J connectivity index is 2.32. The molecule has 0 saturated heterocycles. The number of fused-ring (bicyclic) bond motifs is 2. The SMILES string of the molecule is C=CCOC(=O)C1=C(N)OC(C)=C(C(=O)OC(C)(C)C)[C@]12C(=O)Nc1ccccc12. The Morgan fingerprint density at radius 3 is 2.53 bits per heavy atom. The molecular formula is C22H24N2O6. The zero-order chi connectivity index (χ0) is 22.3. The number of benzene rings is 1. The quantitative estimate of drug-likeness (QED) is 0.576. The molecule has 8 heteroatoms. The van der Waals surface area contributed by atoms with Gasteiger partial charge in [-0.2, -0.15) is 0 Å². The van der Waals surface area contributed by atoms with Crippen LogP contribution in [0.1, 0.15) is 33.3 Å². The summed E-state index contributed by atoms with van der Waals surface area (Å²) in [6.07, 6.45) is 1.38. The largest absolute Gasteiger partial charge is 0.458 e. The molecule has 0 aliphatic carbocycles. The Bertz CT molecular complexity index is 1010. The summed E-state index contributed by atoms with van der Waals surface area (Å²) in [6.45, 7) is 9.99. The molecular weight excluding hydrogens is 388 g/mol. The summed E-state index contributed by atoms with van der Waals surface area (Å²) in [5.41, 5.74) is 3.77. The Labute approximate surface area is 174 Å². The highest BCUT2D eigenvalue weighted by Gasteiger charge is 2.62. The van der Waals surface area contributed by atoms with Crippen molar-refractivity contribution in [2.45, 2.75) is 38.7 Å². The van der Waals surface area contributed by atoms with Crippen molar-refractivity contribution in [3.8, 4) is 0 Å². The summed E-state index contributed by atoms with van der Waals surface area (Å²) in [7, 11) is 0. The van der Waals surface area contributed by atoms with Gasteiger partial charge in [0, 0.05) is 11.3 Å². The molecule has 30 heavy (non-hydrogen) atoms. The van der Waals surface area contributed by atoms with Gasteiger partial charge >= 0.3 is 11.9 Å². The average molecular weight is 412 g/mol. The molecule has 0 saturated carbocycles. The maximum absolute atomic E-state index is 13.4. The Morgan fingerprint density at radius 2 is 1.90 bits per heavy atom. The highest BCUT2D eigenvalue weighted by molar-refractivity contribution is 6.21. The van der Waals surface area contributed by atoms with E-state index in [0.29, 0.717) is 11.3 Å². The van der Waals surface area contributed by atoms with Crippen LogP contribution in [0.3, 0.4) is 0 Å². The molecule has 1 amide bonds. The predicted molar refractivity (Wildman–Crippen MR) is 109 cm³/mol. The van der Waals surface area contributed by atoms with Crippen LogP contribution < -0.4 is 11.1 Å². The number of hydrogen-bond donors (Lipinski definition) is 2. The first-order chi connectivity index (χ1) is 14.0. The number of carbonyl (C=O) groups is 3. The summed E-state index contributed by atoms with van der Waals surface area (Å²) < 4.78 is 16.3. The summed E-state index contributed by atoms with van der Waals surface area (Å²) in [5.74, 6) is -2.57. The molecule has 1 atom stereocenters. The number of allylic oxidation sites excluding steroid dienone is 1. The smallest absolute Gasteiger partial charge is 0.341 e. The first kappa shape index (κ1) is 21.2. The van der Waals surface area contributed by atoms with Gasteiger partial charge in [-0.1, -0.05) is 30.9 Å². The fraction of sp³-hybridized carbons (Fsp3) is 0.318. The van der Waals surface area contributed by atoms with Gasteiger partial charge in [0.15, 0.2) is 0 Å². The number of ether oxygens (including phenoxy) is 3. The standard InChI is InChI=1S/C22H24N2O6/c1-6-11-28-18(25)16-17(23)29-12(2)15(19(26)30-21(3,4)5)22(16)13-9-7-8-10-14(13)24-20(22)27/h6-10H,1,11,23H2,2-5H3,(H,24,27)/t22-/m0/s1. The second-order valence-corrected chi connectivity index (χ2v) is 7.91. The van der Waals surface area contributed by atoms with E-state index in [1.807, 2.05) is 0 Å². The van der Waals surface area contributed by atoms with Crippen molar-refractivity contribution < 1.29 is 28.6 Å². The zero-order valence-electron chi connectivity index (χ0n) is 17.3. The van der Waals surface area contributed by atoms with E-state index in [1.165, 1.54) is 13.0 Å². The van der Waals surface area contributed by atoms with Crippen LogP contribution in [0.4, 0.5) is 5.69 Å². The van der Waals surface area contributed by atoms with Crippen molar-refractivity contribution in [3.05, 3.63) is 65.3 Å². The van der Waals surface area contributed by atoms with Crippen LogP contribution in [-0.2, 0) is 34.0 Å². The zero-order valence-corrected chi connectivity index (χ0v) is 17.3.